The van der Waals surface area contributed by atoms with Gasteiger partial charge in [-0.3, -0.25) is 0 Å². The molecule has 0 aliphatic rings. The van der Waals surface area contributed by atoms with E-state index in [4.69, 9.17) is 16.3 Å². The van der Waals surface area contributed by atoms with Gasteiger partial charge in [0.2, 0.25) is 10.0 Å². The smallest absolute Gasteiger partial charge is 0.387 e. The third-order valence-corrected chi connectivity index (χ3v) is 4.75. The summed E-state index contributed by atoms with van der Waals surface area (Å²) < 4.78 is 60.4. The SMILES string of the molecule is COc1ccc(CNS(=O)(=O)c2ccc(OC(F)F)c(Cl)c2)cc1. The first-order chi connectivity index (χ1) is 11.3. The number of rotatable bonds is 7. The molecule has 0 atom stereocenters. The highest BCUT2D eigenvalue weighted by atomic mass is 35.5. The van der Waals surface area contributed by atoms with Crippen molar-refractivity contribution < 1.29 is 26.7 Å². The minimum Gasteiger partial charge on any atom is -0.497 e. The molecule has 0 radical (unpaired) electrons. The van der Waals surface area contributed by atoms with E-state index in [9.17, 15) is 17.2 Å². The van der Waals surface area contributed by atoms with E-state index in [1.54, 1.807) is 24.3 Å². The predicted molar refractivity (Wildman–Crippen MR) is 85.1 cm³/mol. The van der Waals surface area contributed by atoms with E-state index in [1.807, 2.05) is 0 Å². The van der Waals surface area contributed by atoms with E-state index in [-0.39, 0.29) is 22.2 Å². The zero-order valence-electron chi connectivity index (χ0n) is 12.5. The van der Waals surface area contributed by atoms with Crippen molar-refractivity contribution in [2.75, 3.05) is 7.11 Å². The molecule has 0 bridgehead atoms. The van der Waals surface area contributed by atoms with Crippen LogP contribution in [0.15, 0.2) is 47.4 Å². The predicted octanol–water partition coefficient (Wildman–Crippen LogP) is 3.43. The second kappa shape index (κ2) is 7.78. The molecule has 0 heterocycles. The first kappa shape index (κ1) is 18.4. The van der Waals surface area contributed by atoms with Gasteiger partial charge in [-0.05, 0) is 35.9 Å². The van der Waals surface area contributed by atoms with Crippen LogP contribution in [0.25, 0.3) is 0 Å². The van der Waals surface area contributed by atoms with Gasteiger partial charge in [0.1, 0.15) is 11.5 Å². The Morgan fingerprint density at radius 2 is 1.83 bits per heavy atom. The van der Waals surface area contributed by atoms with Crippen LogP contribution in [0.4, 0.5) is 8.78 Å². The zero-order chi connectivity index (χ0) is 17.7. The standard InChI is InChI=1S/C15H14ClF2NO4S/c1-22-11-4-2-10(3-5-11)9-19-24(20,21)12-6-7-14(13(16)8-12)23-15(17)18/h2-8,15,19H,9H2,1H3. The van der Waals surface area contributed by atoms with Gasteiger partial charge in [0, 0.05) is 6.54 Å². The van der Waals surface area contributed by atoms with Crippen molar-refractivity contribution >= 4 is 21.6 Å². The van der Waals surface area contributed by atoms with Crippen LogP contribution in [0, 0.1) is 0 Å². The summed E-state index contributed by atoms with van der Waals surface area (Å²) in [6.07, 6.45) is 0. The molecule has 130 valence electrons. The summed E-state index contributed by atoms with van der Waals surface area (Å²) in [5.74, 6) is 0.365. The molecule has 1 N–H and O–H groups in total. The molecular weight excluding hydrogens is 364 g/mol. The molecule has 5 nitrogen and oxygen atoms in total. The number of hydrogen-bond acceptors (Lipinski definition) is 4. The first-order valence-electron chi connectivity index (χ1n) is 6.69. The summed E-state index contributed by atoms with van der Waals surface area (Å²) >= 11 is 5.77. The van der Waals surface area contributed by atoms with E-state index in [1.165, 1.54) is 7.11 Å². The summed E-state index contributed by atoms with van der Waals surface area (Å²) in [6.45, 7) is -2.99. The molecule has 2 aromatic carbocycles. The Morgan fingerprint density at radius 1 is 1.17 bits per heavy atom. The average molecular weight is 378 g/mol. The molecule has 0 aliphatic heterocycles. The van der Waals surface area contributed by atoms with E-state index >= 15 is 0 Å². The zero-order valence-corrected chi connectivity index (χ0v) is 14.1. The highest BCUT2D eigenvalue weighted by molar-refractivity contribution is 7.89. The fraction of sp³-hybridized carbons (Fsp3) is 0.200. The minimum absolute atomic E-state index is 0.0548. The summed E-state index contributed by atoms with van der Waals surface area (Å²) in [5.41, 5.74) is 0.725. The van der Waals surface area contributed by atoms with Crippen molar-refractivity contribution in [2.24, 2.45) is 0 Å². The van der Waals surface area contributed by atoms with Gasteiger partial charge in [0.05, 0.1) is 17.0 Å². The van der Waals surface area contributed by atoms with E-state index in [0.29, 0.717) is 5.75 Å². The van der Waals surface area contributed by atoms with Gasteiger partial charge in [-0.25, -0.2) is 13.1 Å². The second-order valence-electron chi connectivity index (χ2n) is 4.64. The summed E-state index contributed by atoms with van der Waals surface area (Å²) in [7, 11) is -2.32. The number of methoxy groups -OCH3 is 1. The van der Waals surface area contributed by atoms with Gasteiger partial charge >= 0.3 is 6.61 Å². The van der Waals surface area contributed by atoms with Crippen LogP contribution >= 0.6 is 11.6 Å². The molecular formula is C15H14ClF2NO4S. The molecule has 0 amide bonds. The maximum absolute atomic E-state index is 12.2. The molecule has 0 saturated carbocycles. The largest absolute Gasteiger partial charge is 0.497 e. The second-order valence-corrected chi connectivity index (χ2v) is 6.82. The molecule has 2 aromatic rings. The molecule has 24 heavy (non-hydrogen) atoms. The normalized spacial score (nSPS) is 11.5. The fourth-order valence-electron chi connectivity index (χ4n) is 1.85. The fourth-order valence-corrected chi connectivity index (χ4v) is 3.18. The number of nitrogens with one attached hydrogen (secondary N) is 1. The summed E-state index contributed by atoms with van der Waals surface area (Å²) in [6, 6.07) is 10.1. The molecule has 0 fully saturated rings. The van der Waals surface area contributed by atoms with Crippen LogP contribution in [0.5, 0.6) is 11.5 Å². The van der Waals surface area contributed by atoms with E-state index in [0.717, 1.165) is 23.8 Å². The maximum atomic E-state index is 12.2. The van der Waals surface area contributed by atoms with Crippen molar-refractivity contribution in [3.8, 4) is 11.5 Å². The molecule has 0 spiro atoms. The van der Waals surface area contributed by atoms with Crippen LogP contribution in [0.3, 0.4) is 0 Å². The first-order valence-corrected chi connectivity index (χ1v) is 8.55. The maximum Gasteiger partial charge on any atom is 0.387 e. The quantitative estimate of drug-likeness (QED) is 0.803. The van der Waals surface area contributed by atoms with E-state index in [2.05, 4.69) is 9.46 Å². The third-order valence-electron chi connectivity index (χ3n) is 3.06. The van der Waals surface area contributed by atoms with Crippen LogP contribution in [0.1, 0.15) is 5.56 Å². The Hall–Kier alpha value is -1.90. The van der Waals surface area contributed by atoms with Crippen LogP contribution in [-0.2, 0) is 16.6 Å². The Bertz CT molecular complexity index is 798. The number of ether oxygens (including phenoxy) is 2. The Morgan fingerprint density at radius 3 is 2.38 bits per heavy atom. The minimum atomic E-state index is -3.85. The third kappa shape index (κ3) is 4.80. The highest BCUT2D eigenvalue weighted by Gasteiger charge is 2.17. The molecule has 0 aromatic heterocycles. The molecule has 2 rings (SSSR count). The monoisotopic (exact) mass is 377 g/mol. The van der Waals surface area contributed by atoms with Crippen LogP contribution < -0.4 is 14.2 Å². The number of alkyl halides is 2. The molecule has 0 aliphatic carbocycles. The molecule has 0 saturated heterocycles. The summed E-state index contributed by atoms with van der Waals surface area (Å²) in [5, 5.41) is -0.220. The van der Waals surface area contributed by atoms with Crippen LogP contribution in [0.2, 0.25) is 5.02 Å². The van der Waals surface area contributed by atoms with E-state index < -0.39 is 16.6 Å². The highest BCUT2D eigenvalue weighted by Crippen LogP contribution is 2.28. The van der Waals surface area contributed by atoms with Crippen molar-refractivity contribution in [2.45, 2.75) is 18.1 Å². The Labute approximate surface area is 143 Å². The van der Waals surface area contributed by atoms with Crippen molar-refractivity contribution in [3.63, 3.8) is 0 Å². The number of benzene rings is 2. The summed E-state index contributed by atoms with van der Waals surface area (Å²) in [4.78, 5) is -0.150. The van der Waals surface area contributed by atoms with Gasteiger partial charge in [0.15, 0.2) is 0 Å². The molecule has 0 unspecified atom stereocenters. The van der Waals surface area contributed by atoms with Gasteiger partial charge in [-0.15, -0.1) is 0 Å². The Balaban J connectivity index is 2.10. The van der Waals surface area contributed by atoms with Crippen molar-refractivity contribution in [1.29, 1.82) is 0 Å². The molecule has 9 heteroatoms. The van der Waals surface area contributed by atoms with Crippen molar-refractivity contribution in [1.82, 2.24) is 4.72 Å². The van der Waals surface area contributed by atoms with Gasteiger partial charge in [-0.2, -0.15) is 8.78 Å². The average Bonchev–Trinajstić information content (AvgIpc) is 2.55. The lowest BCUT2D eigenvalue weighted by Gasteiger charge is -2.10. The van der Waals surface area contributed by atoms with Crippen molar-refractivity contribution in [3.05, 3.63) is 53.1 Å². The lowest BCUT2D eigenvalue weighted by atomic mass is 10.2. The number of sulfonamides is 1. The number of halogens is 3. The topological polar surface area (TPSA) is 64.6 Å². The van der Waals surface area contributed by atoms with Gasteiger partial charge in [0.25, 0.3) is 0 Å². The van der Waals surface area contributed by atoms with Crippen LogP contribution in [-0.4, -0.2) is 22.1 Å². The lowest BCUT2D eigenvalue weighted by Crippen LogP contribution is -2.23. The lowest BCUT2D eigenvalue weighted by molar-refractivity contribution is -0.0498. The van der Waals surface area contributed by atoms with Gasteiger partial charge in [-0.1, -0.05) is 23.7 Å². The number of hydrogen-bond donors (Lipinski definition) is 1. The van der Waals surface area contributed by atoms with Gasteiger partial charge < -0.3 is 9.47 Å². The Kier molecular flexibility index (Phi) is 5.98.